The van der Waals surface area contributed by atoms with Crippen molar-refractivity contribution in [2.75, 3.05) is 11.9 Å². The smallest absolute Gasteiger partial charge is 0.267 e. The SMILES string of the molecule is Cc1ccc(N(C)C(=O)C(C)Oc2cccc(CO)c2)cc1Cl. The fraction of sp³-hybridized carbons (Fsp3) is 0.278. The standard InChI is InChI=1S/C18H20ClNO3/c1-12-7-8-15(10-17(12)19)20(3)18(22)13(2)23-16-6-4-5-14(9-16)11-21/h4-10,13,21H,11H2,1-3H3. The van der Waals surface area contributed by atoms with Gasteiger partial charge in [-0.1, -0.05) is 29.8 Å². The van der Waals surface area contributed by atoms with Gasteiger partial charge in [0.15, 0.2) is 6.10 Å². The van der Waals surface area contributed by atoms with Crippen LogP contribution in [0.15, 0.2) is 42.5 Å². The average molecular weight is 334 g/mol. The zero-order valence-corrected chi connectivity index (χ0v) is 14.2. The van der Waals surface area contributed by atoms with Crippen LogP contribution < -0.4 is 9.64 Å². The number of aryl methyl sites for hydroxylation is 1. The molecule has 0 aliphatic rings. The largest absolute Gasteiger partial charge is 0.481 e. The summed E-state index contributed by atoms with van der Waals surface area (Å²) in [5.74, 6) is 0.368. The molecule has 2 aromatic rings. The molecule has 1 N–H and O–H groups in total. The van der Waals surface area contributed by atoms with Crippen LogP contribution in [0.4, 0.5) is 5.69 Å². The van der Waals surface area contributed by atoms with E-state index < -0.39 is 6.10 Å². The first-order valence-corrected chi connectivity index (χ1v) is 7.70. The predicted octanol–water partition coefficient (Wildman–Crippen LogP) is 3.57. The molecule has 0 heterocycles. The summed E-state index contributed by atoms with van der Waals surface area (Å²) in [6.45, 7) is 3.54. The molecule has 4 nitrogen and oxygen atoms in total. The van der Waals surface area contributed by atoms with Crippen LogP contribution in [0.5, 0.6) is 5.75 Å². The van der Waals surface area contributed by atoms with Gasteiger partial charge in [0.05, 0.1) is 6.61 Å². The molecule has 2 rings (SSSR count). The first kappa shape index (κ1) is 17.3. The normalized spacial score (nSPS) is 11.9. The lowest BCUT2D eigenvalue weighted by Crippen LogP contribution is -2.38. The number of carbonyl (C=O) groups is 1. The van der Waals surface area contributed by atoms with Gasteiger partial charge in [0, 0.05) is 17.8 Å². The number of aliphatic hydroxyl groups is 1. The maximum Gasteiger partial charge on any atom is 0.267 e. The minimum absolute atomic E-state index is 0.0682. The number of anilines is 1. The van der Waals surface area contributed by atoms with Crippen molar-refractivity contribution in [1.82, 2.24) is 0 Å². The third-order valence-electron chi connectivity index (χ3n) is 3.61. The van der Waals surface area contributed by atoms with Crippen molar-refractivity contribution in [2.45, 2.75) is 26.6 Å². The number of likely N-dealkylation sites (N-methyl/N-ethyl adjacent to an activating group) is 1. The van der Waals surface area contributed by atoms with Gasteiger partial charge in [-0.25, -0.2) is 0 Å². The van der Waals surface area contributed by atoms with E-state index in [1.165, 1.54) is 4.90 Å². The molecule has 0 aliphatic heterocycles. The summed E-state index contributed by atoms with van der Waals surface area (Å²) in [7, 11) is 1.69. The van der Waals surface area contributed by atoms with Gasteiger partial charge in [-0.05, 0) is 49.2 Å². The first-order chi connectivity index (χ1) is 10.9. The zero-order chi connectivity index (χ0) is 17.0. The molecule has 1 amide bonds. The second-order valence-electron chi connectivity index (χ2n) is 5.40. The fourth-order valence-electron chi connectivity index (χ4n) is 2.16. The Kier molecular flexibility index (Phi) is 5.64. The monoisotopic (exact) mass is 333 g/mol. The predicted molar refractivity (Wildman–Crippen MR) is 92.1 cm³/mol. The van der Waals surface area contributed by atoms with E-state index in [9.17, 15) is 4.79 Å². The van der Waals surface area contributed by atoms with Crippen LogP contribution in [0, 0.1) is 6.92 Å². The lowest BCUT2D eigenvalue weighted by atomic mass is 10.2. The van der Waals surface area contributed by atoms with Crippen LogP contribution >= 0.6 is 11.6 Å². The molecule has 2 aromatic carbocycles. The van der Waals surface area contributed by atoms with Gasteiger partial charge in [0.1, 0.15) is 5.75 Å². The van der Waals surface area contributed by atoms with Crippen molar-refractivity contribution in [3.05, 3.63) is 58.6 Å². The Morgan fingerprint density at radius 3 is 2.70 bits per heavy atom. The van der Waals surface area contributed by atoms with Crippen molar-refractivity contribution in [1.29, 1.82) is 0 Å². The first-order valence-electron chi connectivity index (χ1n) is 7.32. The highest BCUT2D eigenvalue weighted by Crippen LogP contribution is 2.23. The van der Waals surface area contributed by atoms with E-state index in [4.69, 9.17) is 21.4 Å². The Morgan fingerprint density at radius 1 is 1.30 bits per heavy atom. The van der Waals surface area contributed by atoms with Gasteiger partial charge in [-0.2, -0.15) is 0 Å². The Hall–Kier alpha value is -2.04. The summed E-state index contributed by atoms with van der Waals surface area (Å²) in [4.78, 5) is 14.0. The van der Waals surface area contributed by atoms with Crippen molar-refractivity contribution >= 4 is 23.2 Å². The van der Waals surface area contributed by atoms with E-state index >= 15 is 0 Å². The third-order valence-corrected chi connectivity index (χ3v) is 4.02. The molecule has 0 aromatic heterocycles. The Bertz CT molecular complexity index is 702. The van der Waals surface area contributed by atoms with Crippen LogP contribution in [0.1, 0.15) is 18.1 Å². The number of hydrogen-bond donors (Lipinski definition) is 1. The summed E-state index contributed by atoms with van der Waals surface area (Å²) >= 11 is 6.11. The van der Waals surface area contributed by atoms with Crippen LogP contribution in [-0.4, -0.2) is 24.2 Å². The van der Waals surface area contributed by atoms with E-state index in [1.807, 2.05) is 19.1 Å². The molecular weight excluding hydrogens is 314 g/mol. The molecule has 1 unspecified atom stereocenters. The Balaban J connectivity index is 2.10. The van der Waals surface area contributed by atoms with Crippen molar-refractivity contribution in [2.24, 2.45) is 0 Å². The van der Waals surface area contributed by atoms with Crippen molar-refractivity contribution in [3.63, 3.8) is 0 Å². The number of benzene rings is 2. The van der Waals surface area contributed by atoms with Gasteiger partial charge >= 0.3 is 0 Å². The highest BCUT2D eigenvalue weighted by Gasteiger charge is 2.21. The van der Waals surface area contributed by atoms with E-state index in [1.54, 1.807) is 44.3 Å². The van der Waals surface area contributed by atoms with Crippen LogP contribution in [-0.2, 0) is 11.4 Å². The molecule has 0 saturated carbocycles. The fourth-order valence-corrected chi connectivity index (χ4v) is 2.34. The highest BCUT2D eigenvalue weighted by molar-refractivity contribution is 6.31. The molecule has 1 atom stereocenters. The third kappa shape index (κ3) is 4.24. The average Bonchev–Trinajstić information content (AvgIpc) is 2.56. The summed E-state index contributed by atoms with van der Waals surface area (Å²) in [6.07, 6.45) is -0.658. The maximum absolute atomic E-state index is 12.5. The second-order valence-corrected chi connectivity index (χ2v) is 5.80. The Labute approximate surface area is 141 Å². The number of ether oxygens (including phenoxy) is 1. The number of rotatable bonds is 5. The second kappa shape index (κ2) is 7.49. The number of carbonyl (C=O) groups excluding carboxylic acids is 1. The van der Waals surface area contributed by atoms with Gasteiger partial charge in [0.2, 0.25) is 0 Å². The minimum atomic E-state index is -0.658. The molecule has 0 saturated heterocycles. The lowest BCUT2D eigenvalue weighted by Gasteiger charge is -2.23. The van der Waals surface area contributed by atoms with Crippen LogP contribution in [0.2, 0.25) is 5.02 Å². The van der Waals surface area contributed by atoms with Crippen LogP contribution in [0.3, 0.4) is 0 Å². The van der Waals surface area contributed by atoms with Crippen molar-refractivity contribution in [3.8, 4) is 5.75 Å². The maximum atomic E-state index is 12.5. The van der Waals surface area contributed by atoms with Gasteiger partial charge in [0.25, 0.3) is 5.91 Å². The summed E-state index contributed by atoms with van der Waals surface area (Å²) < 4.78 is 5.68. The quantitative estimate of drug-likeness (QED) is 0.910. The molecular formula is C18H20ClNO3. The molecule has 0 aliphatic carbocycles. The molecule has 0 fully saturated rings. The number of nitrogens with zero attached hydrogens (tertiary/aromatic N) is 1. The summed E-state index contributed by atoms with van der Waals surface area (Å²) in [6, 6.07) is 12.5. The number of hydrogen-bond acceptors (Lipinski definition) is 3. The minimum Gasteiger partial charge on any atom is -0.481 e. The molecule has 0 radical (unpaired) electrons. The molecule has 0 spiro atoms. The number of amides is 1. The highest BCUT2D eigenvalue weighted by atomic mass is 35.5. The van der Waals surface area contributed by atoms with Crippen LogP contribution in [0.25, 0.3) is 0 Å². The topological polar surface area (TPSA) is 49.8 Å². The lowest BCUT2D eigenvalue weighted by molar-refractivity contribution is -0.124. The van der Waals surface area contributed by atoms with Crippen molar-refractivity contribution < 1.29 is 14.6 Å². The van der Waals surface area contributed by atoms with Gasteiger partial charge < -0.3 is 14.7 Å². The summed E-state index contributed by atoms with van der Waals surface area (Å²) in [5.41, 5.74) is 2.41. The summed E-state index contributed by atoms with van der Waals surface area (Å²) in [5, 5.41) is 9.76. The zero-order valence-electron chi connectivity index (χ0n) is 13.4. The number of halogens is 1. The molecule has 0 bridgehead atoms. The molecule has 5 heteroatoms. The Morgan fingerprint density at radius 2 is 2.04 bits per heavy atom. The van der Waals surface area contributed by atoms with E-state index in [0.29, 0.717) is 16.5 Å². The van der Waals surface area contributed by atoms with Gasteiger partial charge in [-0.15, -0.1) is 0 Å². The van der Waals surface area contributed by atoms with E-state index in [2.05, 4.69) is 0 Å². The van der Waals surface area contributed by atoms with Gasteiger partial charge in [-0.3, -0.25) is 4.79 Å². The van der Waals surface area contributed by atoms with E-state index in [-0.39, 0.29) is 12.5 Å². The van der Waals surface area contributed by atoms with E-state index in [0.717, 1.165) is 11.1 Å². The molecule has 122 valence electrons. The number of aliphatic hydroxyl groups excluding tert-OH is 1. The molecule has 23 heavy (non-hydrogen) atoms.